The molecule has 0 aromatic heterocycles. The van der Waals surface area contributed by atoms with E-state index in [9.17, 15) is 9.90 Å². The van der Waals surface area contributed by atoms with E-state index < -0.39 is 11.4 Å². The van der Waals surface area contributed by atoms with Gasteiger partial charge in [-0.25, -0.2) is 0 Å². The van der Waals surface area contributed by atoms with E-state index in [1.54, 1.807) is 0 Å². The van der Waals surface area contributed by atoms with E-state index in [4.69, 9.17) is 0 Å². The first-order valence-corrected chi connectivity index (χ1v) is 6.12. The number of hydrogen-bond acceptors (Lipinski definition) is 2. The van der Waals surface area contributed by atoms with Crippen LogP contribution in [0.25, 0.3) is 0 Å². The predicted molar refractivity (Wildman–Crippen MR) is 68.4 cm³/mol. The highest BCUT2D eigenvalue weighted by atomic mass is 16.4. The van der Waals surface area contributed by atoms with Crippen LogP contribution in [0, 0.1) is 12.3 Å². The summed E-state index contributed by atoms with van der Waals surface area (Å²) < 4.78 is 0. The Morgan fingerprint density at radius 1 is 1.47 bits per heavy atom. The van der Waals surface area contributed by atoms with Crippen molar-refractivity contribution in [2.75, 3.05) is 18.0 Å². The summed E-state index contributed by atoms with van der Waals surface area (Å²) in [5.74, 6) is -0.649. The lowest BCUT2D eigenvalue weighted by Crippen LogP contribution is -2.34. The van der Waals surface area contributed by atoms with Crippen LogP contribution >= 0.6 is 0 Å². The average molecular weight is 233 g/mol. The minimum absolute atomic E-state index is 0.486. The van der Waals surface area contributed by atoms with Crippen LogP contribution in [0.15, 0.2) is 24.3 Å². The second-order valence-electron chi connectivity index (χ2n) is 4.94. The van der Waals surface area contributed by atoms with Gasteiger partial charge in [-0.2, -0.15) is 0 Å². The zero-order valence-electron chi connectivity index (χ0n) is 10.4. The Kier molecular flexibility index (Phi) is 3.09. The summed E-state index contributed by atoms with van der Waals surface area (Å²) >= 11 is 0. The Labute approximate surface area is 102 Å². The molecule has 0 amide bonds. The van der Waals surface area contributed by atoms with Crippen molar-refractivity contribution >= 4 is 11.7 Å². The molecule has 0 atom stereocenters. The van der Waals surface area contributed by atoms with Gasteiger partial charge in [0.25, 0.3) is 0 Å². The van der Waals surface area contributed by atoms with Crippen LogP contribution in [0.5, 0.6) is 0 Å². The van der Waals surface area contributed by atoms with Crippen molar-refractivity contribution in [2.45, 2.75) is 26.7 Å². The number of aliphatic carboxylic acids is 1. The minimum Gasteiger partial charge on any atom is -0.481 e. The molecular weight excluding hydrogens is 214 g/mol. The van der Waals surface area contributed by atoms with Gasteiger partial charge in [-0.15, -0.1) is 0 Å². The maximum atomic E-state index is 11.2. The van der Waals surface area contributed by atoms with Gasteiger partial charge >= 0.3 is 5.97 Å². The molecule has 0 heterocycles. The zero-order valence-corrected chi connectivity index (χ0v) is 10.4. The Balaban J connectivity index is 2.15. The number of hydrogen-bond donors (Lipinski definition) is 1. The second-order valence-corrected chi connectivity index (χ2v) is 4.94. The molecule has 1 N–H and O–H groups in total. The van der Waals surface area contributed by atoms with Crippen LogP contribution in [-0.2, 0) is 4.79 Å². The maximum absolute atomic E-state index is 11.2. The Hall–Kier alpha value is -1.51. The van der Waals surface area contributed by atoms with Crippen LogP contribution in [0.1, 0.15) is 25.3 Å². The van der Waals surface area contributed by atoms with E-state index in [1.807, 2.05) is 6.07 Å². The largest absolute Gasteiger partial charge is 0.481 e. The minimum atomic E-state index is -0.649. The van der Waals surface area contributed by atoms with Gasteiger partial charge in [0.05, 0.1) is 5.41 Å². The summed E-state index contributed by atoms with van der Waals surface area (Å²) in [6.07, 6.45) is 1.62. The summed E-state index contributed by atoms with van der Waals surface area (Å²) in [5.41, 5.74) is 1.85. The molecule has 1 aliphatic carbocycles. The lowest BCUT2D eigenvalue weighted by atomic mass is 10.1. The Bertz CT molecular complexity index is 424. The molecule has 1 aromatic rings. The fourth-order valence-corrected chi connectivity index (χ4v) is 2.17. The number of carbonyl (C=O) groups is 1. The molecule has 92 valence electrons. The number of aryl methyl sites for hydroxylation is 1. The summed E-state index contributed by atoms with van der Waals surface area (Å²) in [7, 11) is 0. The fourth-order valence-electron chi connectivity index (χ4n) is 2.17. The first-order valence-electron chi connectivity index (χ1n) is 6.12. The predicted octanol–water partition coefficient (Wildman–Crippen LogP) is 2.69. The molecule has 1 aromatic carbocycles. The number of carboxylic acids is 1. The molecule has 1 aliphatic rings. The first kappa shape index (κ1) is 12.0. The molecule has 17 heavy (non-hydrogen) atoms. The van der Waals surface area contributed by atoms with Gasteiger partial charge in [-0.05, 0) is 44.4 Å². The monoisotopic (exact) mass is 233 g/mol. The van der Waals surface area contributed by atoms with Crippen LogP contribution in [0.2, 0.25) is 0 Å². The first-order chi connectivity index (χ1) is 8.07. The van der Waals surface area contributed by atoms with Gasteiger partial charge in [0.2, 0.25) is 0 Å². The smallest absolute Gasteiger partial charge is 0.311 e. The summed E-state index contributed by atoms with van der Waals surface area (Å²) in [4.78, 5) is 13.4. The van der Waals surface area contributed by atoms with Crippen molar-refractivity contribution in [3.05, 3.63) is 29.8 Å². The van der Waals surface area contributed by atoms with Crippen LogP contribution in [-0.4, -0.2) is 24.2 Å². The molecule has 2 rings (SSSR count). The topological polar surface area (TPSA) is 40.5 Å². The number of benzene rings is 1. The van der Waals surface area contributed by atoms with Crippen molar-refractivity contribution in [3.63, 3.8) is 0 Å². The molecule has 1 saturated carbocycles. The van der Waals surface area contributed by atoms with Crippen LogP contribution < -0.4 is 4.90 Å². The van der Waals surface area contributed by atoms with Crippen molar-refractivity contribution in [3.8, 4) is 0 Å². The van der Waals surface area contributed by atoms with E-state index in [1.165, 1.54) is 5.56 Å². The van der Waals surface area contributed by atoms with Gasteiger partial charge in [0.1, 0.15) is 0 Å². The highest BCUT2D eigenvalue weighted by Gasteiger charge is 2.51. The van der Waals surface area contributed by atoms with Crippen LogP contribution in [0.3, 0.4) is 0 Å². The van der Waals surface area contributed by atoms with E-state index in [2.05, 4.69) is 36.9 Å². The number of anilines is 1. The standard InChI is InChI=1S/C14H19NO2/c1-3-15(10-14(7-8-14)13(16)17)12-6-4-5-11(2)9-12/h4-6,9H,3,7-8,10H2,1-2H3,(H,16,17). The third kappa shape index (κ3) is 2.43. The Morgan fingerprint density at radius 2 is 2.18 bits per heavy atom. The fraction of sp³-hybridized carbons (Fsp3) is 0.500. The van der Waals surface area contributed by atoms with Gasteiger partial charge in [-0.3, -0.25) is 4.79 Å². The summed E-state index contributed by atoms with van der Waals surface area (Å²) in [6, 6.07) is 8.24. The molecule has 3 heteroatoms. The molecule has 1 fully saturated rings. The number of carboxylic acid groups (broad SMARTS) is 1. The lowest BCUT2D eigenvalue weighted by Gasteiger charge is -2.26. The van der Waals surface area contributed by atoms with Gasteiger partial charge < -0.3 is 10.0 Å². The van der Waals surface area contributed by atoms with E-state index >= 15 is 0 Å². The van der Waals surface area contributed by atoms with E-state index in [0.29, 0.717) is 6.54 Å². The molecule has 0 spiro atoms. The van der Waals surface area contributed by atoms with E-state index in [-0.39, 0.29) is 0 Å². The summed E-state index contributed by atoms with van der Waals surface area (Å²) in [5, 5.41) is 9.22. The molecule has 3 nitrogen and oxygen atoms in total. The molecule has 0 saturated heterocycles. The molecule has 0 unspecified atom stereocenters. The zero-order chi connectivity index (χ0) is 12.5. The van der Waals surface area contributed by atoms with Crippen molar-refractivity contribution < 1.29 is 9.90 Å². The highest BCUT2D eigenvalue weighted by Crippen LogP contribution is 2.47. The third-order valence-corrected chi connectivity index (χ3v) is 3.55. The maximum Gasteiger partial charge on any atom is 0.311 e. The number of rotatable bonds is 5. The molecule has 0 aliphatic heterocycles. The van der Waals surface area contributed by atoms with E-state index in [0.717, 1.165) is 25.1 Å². The summed E-state index contributed by atoms with van der Waals surface area (Å²) in [6.45, 7) is 5.60. The molecule has 0 bridgehead atoms. The third-order valence-electron chi connectivity index (χ3n) is 3.55. The quantitative estimate of drug-likeness (QED) is 0.850. The highest BCUT2D eigenvalue weighted by molar-refractivity contribution is 5.78. The Morgan fingerprint density at radius 3 is 2.65 bits per heavy atom. The molecule has 0 radical (unpaired) electrons. The second kappa shape index (κ2) is 4.40. The molecular formula is C14H19NO2. The average Bonchev–Trinajstić information content (AvgIpc) is 3.07. The SMILES string of the molecule is CCN(CC1(C(=O)O)CC1)c1cccc(C)c1. The van der Waals surface area contributed by atoms with Gasteiger partial charge in [-0.1, -0.05) is 12.1 Å². The van der Waals surface area contributed by atoms with Crippen molar-refractivity contribution in [1.29, 1.82) is 0 Å². The lowest BCUT2D eigenvalue weighted by molar-refractivity contribution is -0.142. The van der Waals surface area contributed by atoms with Crippen molar-refractivity contribution in [2.24, 2.45) is 5.41 Å². The van der Waals surface area contributed by atoms with Crippen LogP contribution in [0.4, 0.5) is 5.69 Å². The van der Waals surface area contributed by atoms with Gasteiger partial charge in [0.15, 0.2) is 0 Å². The normalized spacial score (nSPS) is 16.6. The van der Waals surface area contributed by atoms with Crippen molar-refractivity contribution in [1.82, 2.24) is 0 Å². The van der Waals surface area contributed by atoms with Gasteiger partial charge in [0, 0.05) is 18.8 Å². The number of nitrogens with zero attached hydrogens (tertiary/aromatic N) is 1.